The van der Waals surface area contributed by atoms with Gasteiger partial charge in [-0.3, -0.25) is 0 Å². The normalized spacial score (nSPS) is 20.7. The third-order valence-corrected chi connectivity index (χ3v) is 4.12. The molecule has 1 aromatic rings. The maximum Gasteiger partial charge on any atom is 0.161 e. The zero-order valence-electron chi connectivity index (χ0n) is 10.5. The van der Waals surface area contributed by atoms with E-state index in [2.05, 4.69) is 0 Å². The van der Waals surface area contributed by atoms with Crippen molar-refractivity contribution < 1.29 is 13.2 Å². The Morgan fingerprint density at radius 1 is 1.00 bits per heavy atom. The van der Waals surface area contributed by atoms with Crippen molar-refractivity contribution in [3.63, 3.8) is 0 Å². The highest BCUT2D eigenvalue weighted by atomic mass is 19.2. The van der Waals surface area contributed by atoms with E-state index >= 15 is 0 Å². The van der Waals surface area contributed by atoms with Crippen molar-refractivity contribution >= 4 is 0 Å². The molecule has 0 amide bonds. The first-order chi connectivity index (χ1) is 8.44. The molecule has 1 nitrogen and oxygen atoms in total. The maximum atomic E-state index is 13.7. The van der Waals surface area contributed by atoms with Gasteiger partial charge in [0.1, 0.15) is 5.82 Å². The predicted octanol–water partition coefficient (Wildman–Crippen LogP) is 4.07. The number of benzene rings is 1. The second-order valence-corrected chi connectivity index (χ2v) is 5.48. The minimum Gasteiger partial charge on any atom is -0.323 e. The molecule has 4 heteroatoms. The number of halogens is 3. The molecule has 0 saturated heterocycles. The molecule has 1 aromatic carbocycles. The molecule has 0 aromatic heterocycles. The Morgan fingerprint density at radius 2 is 1.56 bits per heavy atom. The van der Waals surface area contributed by atoms with Gasteiger partial charge in [-0.15, -0.1) is 0 Å². The minimum atomic E-state index is -1.17. The van der Waals surface area contributed by atoms with E-state index in [1.165, 1.54) is 0 Å². The molecule has 1 saturated carbocycles. The first-order valence-electron chi connectivity index (χ1n) is 6.34. The summed E-state index contributed by atoms with van der Waals surface area (Å²) in [7, 11) is 0. The average Bonchev–Trinajstić information content (AvgIpc) is 2.34. The number of hydrogen-bond acceptors (Lipinski definition) is 1. The fraction of sp³-hybridized carbons (Fsp3) is 0.571. The molecule has 1 atom stereocenters. The van der Waals surface area contributed by atoms with Crippen molar-refractivity contribution in [3.05, 3.63) is 35.1 Å². The number of nitrogens with two attached hydrogens (primary N) is 1. The molecule has 1 fully saturated rings. The van der Waals surface area contributed by atoms with Crippen molar-refractivity contribution in [2.45, 2.75) is 45.1 Å². The highest BCUT2D eigenvalue weighted by Crippen LogP contribution is 2.44. The minimum absolute atomic E-state index is 0.0818. The lowest BCUT2D eigenvalue weighted by atomic mass is 9.69. The van der Waals surface area contributed by atoms with Gasteiger partial charge in [0.25, 0.3) is 0 Å². The number of hydrogen-bond donors (Lipinski definition) is 1. The van der Waals surface area contributed by atoms with Crippen LogP contribution in [0.25, 0.3) is 0 Å². The quantitative estimate of drug-likeness (QED) is 0.794. The van der Waals surface area contributed by atoms with Gasteiger partial charge >= 0.3 is 0 Å². The van der Waals surface area contributed by atoms with Gasteiger partial charge in [-0.05, 0) is 24.3 Å². The van der Waals surface area contributed by atoms with Crippen molar-refractivity contribution in [1.29, 1.82) is 0 Å². The van der Waals surface area contributed by atoms with Crippen molar-refractivity contribution in [2.75, 3.05) is 0 Å². The summed E-state index contributed by atoms with van der Waals surface area (Å²) in [6.07, 6.45) is 5.05. The van der Waals surface area contributed by atoms with Crippen molar-refractivity contribution in [2.24, 2.45) is 11.1 Å². The van der Waals surface area contributed by atoms with Crippen LogP contribution in [0.3, 0.4) is 0 Å². The molecular weight excluding hydrogens is 239 g/mol. The fourth-order valence-electron chi connectivity index (χ4n) is 2.82. The monoisotopic (exact) mass is 257 g/mol. The van der Waals surface area contributed by atoms with Gasteiger partial charge in [-0.2, -0.15) is 0 Å². The average molecular weight is 257 g/mol. The Morgan fingerprint density at radius 3 is 2.17 bits per heavy atom. The van der Waals surface area contributed by atoms with Crippen LogP contribution in [0.5, 0.6) is 0 Å². The molecule has 0 spiro atoms. The molecule has 2 N–H and O–H groups in total. The van der Waals surface area contributed by atoms with E-state index in [1.807, 2.05) is 6.92 Å². The highest BCUT2D eigenvalue weighted by Gasteiger charge is 2.35. The maximum absolute atomic E-state index is 13.7. The van der Waals surface area contributed by atoms with Gasteiger partial charge in [0.15, 0.2) is 11.6 Å². The SMILES string of the molecule is CC1(C(N)c2cc(F)c(F)cc2F)CCCCC1. The Labute approximate surface area is 105 Å². The molecule has 0 bridgehead atoms. The zero-order valence-corrected chi connectivity index (χ0v) is 10.5. The second-order valence-electron chi connectivity index (χ2n) is 5.48. The van der Waals surface area contributed by atoms with Crippen LogP contribution in [0, 0.1) is 22.9 Å². The van der Waals surface area contributed by atoms with Gasteiger partial charge in [0, 0.05) is 17.7 Å². The molecule has 18 heavy (non-hydrogen) atoms. The zero-order chi connectivity index (χ0) is 13.3. The molecule has 0 aliphatic heterocycles. The highest BCUT2D eigenvalue weighted by molar-refractivity contribution is 5.25. The summed E-state index contributed by atoms with van der Waals surface area (Å²) in [6, 6.07) is 0.888. The van der Waals surface area contributed by atoms with Crippen LogP contribution in [0.15, 0.2) is 12.1 Å². The van der Waals surface area contributed by atoms with Gasteiger partial charge in [0.2, 0.25) is 0 Å². The Kier molecular flexibility index (Phi) is 3.66. The van der Waals surface area contributed by atoms with E-state index < -0.39 is 23.5 Å². The van der Waals surface area contributed by atoms with E-state index in [4.69, 9.17) is 5.73 Å². The van der Waals surface area contributed by atoms with Crippen molar-refractivity contribution in [1.82, 2.24) is 0 Å². The lowest BCUT2D eigenvalue weighted by Gasteiger charge is -2.39. The summed E-state index contributed by atoms with van der Waals surface area (Å²) < 4.78 is 39.8. The van der Waals surface area contributed by atoms with Crippen LogP contribution in [0.1, 0.15) is 50.6 Å². The van der Waals surface area contributed by atoms with Crippen LogP contribution in [-0.2, 0) is 0 Å². The largest absolute Gasteiger partial charge is 0.323 e. The van der Waals surface area contributed by atoms with E-state index in [-0.39, 0.29) is 11.0 Å². The molecule has 1 unspecified atom stereocenters. The molecule has 0 radical (unpaired) electrons. The summed E-state index contributed by atoms with van der Waals surface area (Å²) >= 11 is 0. The standard InChI is InChI=1S/C14H18F3N/c1-14(5-3-2-4-6-14)13(18)9-7-11(16)12(17)8-10(9)15/h7-8,13H,2-6,18H2,1H3. The van der Waals surface area contributed by atoms with Gasteiger partial charge in [-0.25, -0.2) is 13.2 Å². The molecule has 2 rings (SSSR count). The van der Waals surface area contributed by atoms with E-state index in [0.29, 0.717) is 6.07 Å². The summed E-state index contributed by atoms with van der Waals surface area (Å²) in [5.41, 5.74) is 5.94. The first kappa shape index (κ1) is 13.4. The van der Waals surface area contributed by atoms with E-state index in [9.17, 15) is 13.2 Å². The Hall–Kier alpha value is -1.03. The fourth-order valence-corrected chi connectivity index (χ4v) is 2.82. The van der Waals surface area contributed by atoms with E-state index in [0.717, 1.165) is 38.2 Å². The van der Waals surface area contributed by atoms with Crippen molar-refractivity contribution in [3.8, 4) is 0 Å². The molecule has 100 valence electrons. The first-order valence-corrected chi connectivity index (χ1v) is 6.34. The van der Waals surface area contributed by atoms with Gasteiger partial charge in [0.05, 0.1) is 0 Å². The third-order valence-electron chi connectivity index (χ3n) is 4.12. The lowest BCUT2D eigenvalue weighted by Crippen LogP contribution is -2.34. The molecular formula is C14H18F3N. The smallest absolute Gasteiger partial charge is 0.161 e. The molecule has 1 aliphatic carbocycles. The number of rotatable bonds is 2. The van der Waals surface area contributed by atoms with Crippen LogP contribution >= 0.6 is 0 Å². The summed E-state index contributed by atoms with van der Waals surface area (Å²) in [4.78, 5) is 0. The van der Waals surface area contributed by atoms with Crippen LogP contribution in [-0.4, -0.2) is 0 Å². The van der Waals surface area contributed by atoms with Gasteiger partial charge in [-0.1, -0.05) is 26.2 Å². The summed E-state index contributed by atoms with van der Waals surface area (Å²) in [5, 5.41) is 0. The Bertz CT molecular complexity index is 439. The van der Waals surface area contributed by atoms with E-state index in [1.54, 1.807) is 0 Å². The molecule has 0 heterocycles. The predicted molar refractivity (Wildman–Crippen MR) is 64.4 cm³/mol. The second kappa shape index (κ2) is 4.92. The molecule has 1 aliphatic rings. The van der Waals surface area contributed by atoms with Gasteiger partial charge < -0.3 is 5.73 Å². The topological polar surface area (TPSA) is 26.0 Å². The Balaban J connectivity index is 2.33. The lowest BCUT2D eigenvalue weighted by molar-refractivity contribution is 0.167. The third kappa shape index (κ3) is 2.39. The van der Waals surface area contributed by atoms with Crippen LogP contribution in [0.2, 0.25) is 0 Å². The van der Waals surface area contributed by atoms with Crippen LogP contribution in [0.4, 0.5) is 13.2 Å². The summed E-state index contributed by atoms with van der Waals surface area (Å²) in [5.74, 6) is -2.97. The van der Waals surface area contributed by atoms with Crippen LogP contribution < -0.4 is 5.73 Å². The summed E-state index contributed by atoms with van der Waals surface area (Å²) in [6.45, 7) is 2.00.